The van der Waals surface area contributed by atoms with Crippen molar-refractivity contribution in [1.82, 2.24) is 0 Å². The van der Waals surface area contributed by atoms with Crippen LogP contribution in [0.5, 0.6) is 0 Å². The van der Waals surface area contributed by atoms with Crippen LogP contribution in [0.25, 0.3) is 6.08 Å². The first kappa shape index (κ1) is 8.62. The lowest BCUT2D eigenvalue weighted by Crippen LogP contribution is -2.29. The molecule has 1 atom stereocenters. The van der Waals surface area contributed by atoms with Gasteiger partial charge in [0.25, 0.3) is 6.04 Å². The first-order chi connectivity index (χ1) is 6.70. The average Bonchev–Trinajstić information content (AvgIpc) is 2.18. The normalized spacial score (nSPS) is 19.1. The second kappa shape index (κ2) is 3.06. The Bertz CT molecular complexity index is 437. The SMILES string of the molecule is O=C1c2ccccc2C=CC1[N+](=O)[O-]. The van der Waals surface area contributed by atoms with E-state index in [1.54, 1.807) is 30.3 Å². The molecular formula is C10H7NO3. The Hall–Kier alpha value is -1.97. The molecule has 0 fully saturated rings. The number of Topliss-reactive ketones (excluding diaryl/α,β-unsaturated/α-hetero) is 1. The van der Waals surface area contributed by atoms with Crippen molar-refractivity contribution in [2.24, 2.45) is 0 Å². The van der Waals surface area contributed by atoms with Crippen molar-refractivity contribution in [2.75, 3.05) is 0 Å². The van der Waals surface area contributed by atoms with Gasteiger partial charge in [-0.15, -0.1) is 0 Å². The van der Waals surface area contributed by atoms with E-state index < -0.39 is 16.7 Å². The third-order valence-electron chi connectivity index (χ3n) is 2.18. The maximum Gasteiger partial charge on any atom is 0.293 e. The monoisotopic (exact) mass is 189 g/mol. The molecule has 1 unspecified atom stereocenters. The number of nitro groups is 1. The third kappa shape index (κ3) is 1.21. The van der Waals surface area contributed by atoms with Gasteiger partial charge in [0.2, 0.25) is 5.78 Å². The van der Waals surface area contributed by atoms with Crippen LogP contribution in [-0.2, 0) is 0 Å². The average molecular weight is 189 g/mol. The molecule has 2 rings (SSSR count). The summed E-state index contributed by atoms with van der Waals surface area (Å²) in [7, 11) is 0. The van der Waals surface area contributed by atoms with Crippen LogP contribution in [-0.4, -0.2) is 16.7 Å². The van der Waals surface area contributed by atoms with Crippen molar-refractivity contribution < 1.29 is 9.72 Å². The maximum atomic E-state index is 11.6. The predicted octanol–water partition coefficient (Wildman–Crippen LogP) is 1.54. The highest BCUT2D eigenvalue weighted by Crippen LogP contribution is 2.19. The van der Waals surface area contributed by atoms with Crippen molar-refractivity contribution in [2.45, 2.75) is 6.04 Å². The summed E-state index contributed by atoms with van der Waals surface area (Å²) in [6.07, 6.45) is 2.94. The minimum absolute atomic E-state index is 0.428. The molecule has 14 heavy (non-hydrogen) atoms. The highest BCUT2D eigenvalue weighted by molar-refractivity contribution is 6.05. The molecule has 4 heteroatoms. The van der Waals surface area contributed by atoms with Crippen molar-refractivity contribution >= 4 is 11.9 Å². The van der Waals surface area contributed by atoms with E-state index >= 15 is 0 Å². The highest BCUT2D eigenvalue weighted by Gasteiger charge is 2.31. The Kier molecular flexibility index (Phi) is 1.89. The van der Waals surface area contributed by atoms with E-state index in [2.05, 4.69) is 0 Å². The summed E-state index contributed by atoms with van der Waals surface area (Å²) >= 11 is 0. The molecule has 1 aromatic carbocycles. The lowest BCUT2D eigenvalue weighted by atomic mass is 9.93. The number of rotatable bonds is 1. The van der Waals surface area contributed by atoms with E-state index in [4.69, 9.17) is 0 Å². The fraction of sp³-hybridized carbons (Fsp3) is 0.100. The smallest absolute Gasteiger partial charge is 0.286 e. The molecule has 0 spiro atoms. The lowest BCUT2D eigenvalue weighted by molar-refractivity contribution is -0.492. The largest absolute Gasteiger partial charge is 0.293 e. The molecule has 0 amide bonds. The zero-order chi connectivity index (χ0) is 10.1. The fourth-order valence-corrected chi connectivity index (χ4v) is 1.47. The fourth-order valence-electron chi connectivity index (χ4n) is 1.47. The van der Waals surface area contributed by atoms with E-state index in [9.17, 15) is 14.9 Å². The number of hydrogen-bond acceptors (Lipinski definition) is 3. The van der Waals surface area contributed by atoms with E-state index in [-0.39, 0.29) is 0 Å². The molecule has 70 valence electrons. The summed E-state index contributed by atoms with van der Waals surface area (Å²) < 4.78 is 0. The van der Waals surface area contributed by atoms with Crippen LogP contribution in [0.3, 0.4) is 0 Å². The number of nitrogens with zero attached hydrogens (tertiary/aromatic N) is 1. The quantitative estimate of drug-likeness (QED) is 0.497. The standard InChI is InChI=1S/C10H7NO3/c12-10-8-4-2-1-3-7(8)5-6-9(10)11(13)14/h1-6,9H. The van der Waals surface area contributed by atoms with Gasteiger partial charge in [0.15, 0.2) is 0 Å². The molecule has 0 aromatic heterocycles. The molecule has 1 aromatic rings. The zero-order valence-electron chi connectivity index (χ0n) is 7.21. The van der Waals surface area contributed by atoms with Gasteiger partial charge in [0.05, 0.1) is 0 Å². The van der Waals surface area contributed by atoms with E-state index in [1.165, 1.54) is 6.08 Å². The minimum Gasteiger partial charge on any atom is -0.286 e. The Labute approximate surface area is 80.0 Å². The van der Waals surface area contributed by atoms with Gasteiger partial charge in [-0.3, -0.25) is 14.9 Å². The lowest BCUT2D eigenvalue weighted by Gasteiger charge is -2.11. The first-order valence-corrected chi connectivity index (χ1v) is 4.15. The van der Waals surface area contributed by atoms with Gasteiger partial charge in [-0.2, -0.15) is 0 Å². The summed E-state index contributed by atoms with van der Waals surface area (Å²) in [6.45, 7) is 0. The molecule has 0 saturated heterocycles. The van der Waals surface area contributed by atoms with Crippen LogP contribution in [0.15, 0.2) is 30.3 Å². The third-order valence-corrected chi connectivity index (χ3v) is 2.18. The first-order valence-electron chi connectivity index (χ1n) is 4.15. The second-order valence-electron chi connectivity index (χ2n) is 3.04. The van der Waals surface area contributed by atoms with Crippen LogP contribution in [0.2, 0.25) is 0 Å². The van der Waals surface area contributed by atoms with Gasteiger partial charge in [-0.05, 0) is 11.6 Å². The van der Waals surface area contributed by atoms with E-state index in [1.807, 2.05) is 0 Å². The minimum atomic E-state index is -1.22. The Morgan fingerprint density at radius 3 is 2.71 bits per heavy atom. The van der Waals surface area contributed by atoms with Crippen LogP contribution in [0, 0.1) is 10.1 Å². The number of carbonyl (C=O) groups is 1. The molecule has 0 aliphatic heterocycles. The van der Waals surface area contributed by atoms with Crippen molar-refractivity contribution in [3.05, 3.63) is 51.6 Å². The number of fused-ring (bicyclic) bond motifs is 1. The molecule has 0 heterocycles. The van der Waals surface area contributed by atoms with Gasteiger partial charge >= 0.3 is 0 Å². The second-order valence-corrected chi connectivity index (χ2v) is 3.04. The molecule has 0 radical (unpaired) electrons. The Morgan fingerprint density at radius 2 is 2.00 bits per heavy atom. The van der Waals surface area contributed by atoms with Crippen molar-refractivity contribution in [3.63, 3.8) is 0 Å². The van der Waals surface area contributed by atoms with Crippen molar-refractivity contribution in [3.8, 4) is 0 Å². The van der Waals surface area contributed by atoms with Gasteiger partial charge in [0, 0.05) is 10.5 Å². The maximum absolute atomic E-state index is 11.6. The van der Waals surface area contributed by atoms with Gasteiger partial charge in [-0.25, -0.2) is 0 Å². The van der Waals surface area contributed by atoms with E-state index in [0.717, 1.165) is 5.56 Å². The molecule has 4 nitrogen and oxygen atoms in total. The zero-order valence-corrected chi connectivity index (χ0v) is 7.21. The Morgan fingerprint density at radius 1 is 1.29 bits per heavy atom. The summed E-state index contributed by atoms with van der Waals surface area (Å²) in [6, 6.07) is 5.65. The van der Waals surface area contributed by atoms with Gasteiger partial charge in [0.1, 0.15) is 0 Å². The Balaban J connectivity index is 2.50. The molecule has 0 N–H and O–H groups in total. The van der Waals surface area contributed by atoms with Crippen LogP contribution in [0.4, 0.5) is 0 Å². The van der Waals surface area contributed by atoms with E-state index in [0.29, 0.717) is 5.56 Å². The van der Waals surface area contributed by atoms with Crippen LogP contribution < -0.4 is 0 Å². The van der Waals surface area contributed by atoms with Crippen LogP contribution >= 0.6 is 0 Å². The number of ketones is 1. The molecular weight excluding hydrogens is 182 g/mol. The number of benzene rings is 1. The molecule has 1 aliphatic carbocycles. The molecule has 1 aliphatic rings. The predicted molar refractivity (Wildman–Crippen MR) is 50.6 cm³/mol. The highest BCUT2D eigenvalue weighted by atomic mass is 16.6. The summed E-state index contributed by atoms with van der Waals surface area (Å²) in [5.74, 6) is -0.437. The van der Waals surface area contributed by atoms with Gasteiger partial charge in [-0.1, -0.05) is 30.3 Å². The number of carbonyl (C=O) groups excluding carboxylic acids is 1. The van der Waals surface area contributed by atoms with Gasteiger partial charge < -0.3 is 0 Å². The molecule has 0 bridgehead atoms. The summed E-state index contributed by atoms with van der Waals surface area (Å²) in [5, 5.41) is 10.5. The summed E-state index contributed by atoms with van der Waals surface area (Å²) in [5.41, 5.74) is 1.17. The van der Waals surface area contributed by atoms with Crippen molar-refractivity contribution in [1.29, 1.82) is 0 Å². The summed E-state index contributed by atoms with van der Waals surface area (Å²) in [4.78, 5) is 21.5. The topological polar surface area (TPSA) is 60.2 Å². The molecule has 0 saturated carbocycles. The van der Waals surface area contributed by atoms with Crippen LogP contribution in [0.1, 0.15) is 15.9 Å². The number of hydrogen-bond donors (Lipinski definition) is 0.